The number of amides is 1. The fraction of sp³-hybridized carbons (Fsp3) is 0.207. The number of carbonyl (C=O) groups excluding carboxylic acids is 1. The number of anilines is 2. The zero-order valence-electron chi connectivity index (χ0n) is 21.9. The first-order valence-corrected chi connectivity index (χ1v) is 14.0. The summed E-state index contributed by atoms with van der Waals surface area (Å²) in [5.74, 6) is -0.295. The van der Waals surface area contributed by atoms with Crippen LogP contribution in [0.1, 0.15) is 34.7 Å². The highest BCUT2D eigenvalue weighted by molar-refractivity contribution is 7.80. The third-order valence-corrected chi connectivity index (χ3v) is 7.98. The van der Waals surface area contributed by atoms with Gasteiger partial charge < -0.3 is 24.8 Å². The Morgan fingerprint density at radius 1 is 1.07 bits per heavy atom. The van der Waals surface area contributed by atoms with Gasteiger partial charge in [-0.3, -0.25) is 9.78 Å². The zero-order chi connectivity index (χ0) is 28.6. The predicted octanol–water partition coefficient (Wildman–Crippen LogP) is 7.21. The molecule has 2 aromatic heterocycles. The standard InChI is InChI=1S/C29H26Cl3N5O2S/c1-16-12-20(17(2)36(16)25-10-7-18(30)13-22(25)32)28-27(24-6-4-5-11-33-24)35-29(40)37(28)19-8-9-23(21(31)14-19)34-26(38)15-39-3/h4-14,27-28H,15H2,1-3H3,(H,34,38)(H,35,40)/t27-,28+/m1/s1. The van der Waals surface area contributed by atoms with Crippen molar-refractivity contribution in [2.24, 2.45) is 0 Å². The molecule has 2 aromatic carbocycles. The summed E-state index contributed by atoms with van der Waals surface area (Å²) in [4.78, 5) is 18.7. The van der Waals surface area contributed by atoms with E-state index in [9.17, 15) is 4.79 Å². The van der Waals surface area contributed by atoms with Crippen LogP contribution in [0.3, 0.4) is 0 Å². The molecule has 5 rings (SSSR count). The number of hydrogen-bond donors (Lipinski definition) is 2. The Hall–Kier alpha value is -3.14. The molecular weight excluding hydrogens is 589 g/mol. The van der Waals surface area contributed by atoms with Gasteiger partial charge in [-0.1, -0.05) is 40.9 Å². The van der Waals surface area contributed by atoms with Gasteiger partial charge >= 0.3 is 0 Å². The molecule has 0 unspecified atom stereocenters. The summed E-state index contributed by atoms with van der Waals surface area (Å²) in [5.41, 5.74) is 5.98. The molecule has 2 N–H and O–H groups in total. The van der Waals surface area contributed by atoms with Gasteiger partial charge in [0.25, 0.3) is 0 Å². The van der Waals surface area contributed by atoms with Crippen molar-refractivity contribution in [1.29, 1.82) is 0 Å². The lowest BCUT2D eigenvalue weighted by Crippen LogP contribution is -2.29. The molecule has 4 aromatic rings. The van der Waals surface area contributed by atoms with Crippen molar-refractivity contribution in [2.45, 2.75) is 25.9 Å². The summed E-state index contributed by atoms with van der Waals surface area (Å²) in [6.45, 7) is 4.03. The summed E-state index contributed by atoms with van der Waals surface area (Å²) in [7, 11) is 1.46. The molecule has 1 saturated heterocycles. The lowest BCUT2D eigenvalue weighted by molar-refractivity contribution is -0.119. The molecule has 0 radical (unpaired) electrons. The lowest BCUT2D eigenvalue weighted by atomic mass is 9.96. The van der Waals surface area contributed by atoms with Crippen LogP contribution in [0.25, 0.3) is 5.69 Å². The lowest BCUT2D eigenvalue weighted by Gasteiger charge is -2.28. The van der Waals surface area contributed by atoms with Crippen molar-refractivity contribution in [2.75, 3.05) is 23.9 Å². The minimum absolute atomic E-state index is 0.0701. The van der Waals surface area contributed by atoms with Crippen LogP contribution < -0.4 is 15.5 Å². The fourth-order valence-corrected chi connectivity index (χ4v) is 6.20. The second kappa shape index (κ2) is 11.8. The van der Waals surface area contributed by atoms with Crippen LogP contribution in [-0.2, 0) is 9.53 Å². The SMILES string of the molecule is COCC(=O)Nc1ccc(N2C(=S)N[C@H](c3ccccn3)[C@@H]2c2cc(C)n(-c3ccc(Cl)cc3Cl)c2C)cc1Cl. The molecule has 1 aliphatic rings. The molecule has 1 aliphatic heterocycles. The van der Waals surface area contributed by atoms with E-state index in [-0.39, 0.29) is 24.6 Å². The molecule has 206 valence electrons. The van der Waals surface area contributed by atoms with Crippen LogP contribution in [0.15, 0.2) is 66.9 Å². The molecule has 0 saturated carbocycles. The Morgan fingerprint density at radius 2 is 1.88 bits per heavy atom. The maximum absolute atomic E-state index is 12.1. The van der Waals surface area contributed by atoms with Crippen molar-refractivity contribution in [3.63, 3.8) is 0 Å². The van der Waals surface area contributed by atoms with Crippen LogP contribution in [0.5, 0.6) is 0 Å². The Bertz CT molecular complexity index is 1590. The molecule has 3 heterocycles. The number of carbonyl (C=O) groups is 1. The van der Waals surface area contributed by atoms with E-state index in [1.165, 1.54) is 7.11 Å². The molecule has 2 atom stereocenters. The number of aromatic nitrogens is 2. The monoisotopic (exact) mass is 613 g/mol. The Morgan fingerprint density at radius 3 is 2.55 bits per heavy atom. The van der Waals surface area contributed by atoms with Gasteiger partial charge in [0.15, 0.2) is 5.11 Å². The second-order valence-electron chi connectivity index (χ2n) is 9.40. The van der Waals surface area contributed by atoms with Gasteiger partial charge in [0.2, 0.25) is 5.91 Å². The maximum atomic E-state index is 12.1. The van der Waals surface area contributed by atoms with Gasteiger partial charge in [-0.25, -0.2) is 0 Å². The van der Waals surface area contributed by atoms with Crippen LogP contribution in [0.2, 0.25) is 15.1 Å². The number of methoxy groups -OCH3 is 1. The van der Waals surface area contributed by atoms with Gasteiger partial charge in [-0.2, -0.15) is 0 Å². The molecule has 40 heavy (non-hydrogen) atoms. The summed E-state index contributed by atoms with van der Waals surface area (Å²) in [6, 6.07) is 18.4. The van der Waals surface area contributed by atoms with Crippen LogP contribution in [0, 0.1) is 13.8 Å². The van der Waals surface area contributed by atoms with E-state index in [0.717, 1.165) is 34.0 Å². The van der Waals surface area contributed by atoms with Gasteiger partial charge in [0, 0.05) is 35.4 Å². The third kappa shape index (κ3) is 5.42. The van der Waals surface area contributed by atoms with E-state index >= 15 is 0 Å². The number of rotatable bonds is 7. The maximum Gasteiger partial charge on any atom is 0.250 e. The molecule has 0 spiro atoms. The van der Waals surface area contributed by atoms with Crippen LogP contribution in [-0.4, -0.2) is 34.3 Å². The highest BCUT2D eigenvalue weighted by Crippen LogP contribution is 2.45. The summed E-state index contributed by atoms with van der Waals surface area (Å²) in [6.07, 6.45) is 1.77. The highest BCUT2D eigenvalue weighted by atomic mass is 35.5. The Balaban J connectivity index is 1.62. The summed E-state index contributed by atoms with van der Waals surface area (Å²) >= 11 is 25.3. The van der Waals surface area contributed by atoms with Gasteiger partial charge in [-0.15, -0.1) is 0 Å². The average Bonchev–Trinajstić information content (AvgIpc) is 3.41. The number of thiocarbonyl (C=S) groups is 1. The Labute approximate surface area is 253 Å². The van der Waals surface area contributed by atoms with Gasteiger partial charge in [-0.05, 0) is 86.2 Å². The van der Waals surface area contributed by atoms with E-state index in [2.05, 4.69) is 33.2 Å². The second-order valence-corrected chi connectivity index (χ2v) is 11.0. The van der Waals surface area contributed by atoms with Crippen molar-refractivity contribution < 1.29 is 9.53 Å². The fourth-order valence-electron chi connectivity index (χ4n) is 5.14. The average molecular weight is 615 g/mol. The first-order valence-electron chi connectivity index (χ1n) is 12.4. The van der Waals surface area contributed by atoms with Crippen LogP contribution >= 0.6 is 47.0 Å². The number of pyridine rings is 1. The van der Waals surface area contributed by atoms with Crippen molar-refractivity contribution in [1.82, 2.24) is 14.9 Å². The number of ether oxygens (including phenoxy) is 1. The first-order chi connectivity index (χ1) is 19.2. The third-order valence-electron chi connectivity index (χ3n) is 6.82. The predicted molar refractivity (Wildman–Crippen MR) is 165 cm³/mol. The van der Waals surface area contributed by atoms with E-state index in [4.69, 9.17) is 51.8 Å². The largest absolute Gasteiger partial charge is 0.375 e. The quantitative estimate of drug-likeness (QED) is 0.214. The highest BCUT2D eigenvalue weighted by Gasteiger charge is 2.42. The van der Waals surface area contributed by atoms with Gasteiger partial charge in [0.05, 0.1) is 39.2 Å². The minimum atomic E-state index is -0.295. The molecule has 0 aliphatic carbocycles. The smallest absolute Gasteiger partial charge is 0.250 e. The molecule has 0 bridgehead atoms. The van der Waals surface area contributed by atoms with E-state index in [0.29, 0.717) is 25.9 Å². The van der Waals surface area contributed by atoms with E-state index in [1.54, 1.807) is 24.4 Å². The van der Waals surface area contributed by atoms with Gasteiger partial charge in [0.1, 0.15) is 6.61 Å². The Kier molecular flexibility index (Phi) is 8.35. The van der Waals surface area contributed by atoms with Crippen molar-refractivity contribution >= 4 is 69.4 Å². The van der Waals surface area contributed by atoms with Crippen molar-refractivity contribution in [3.05, 3.63) is 105 Å². The molecule has 7 nitrogen and oxygen atoms in total. The van der Waals surface area contributed by atoms with E-state index in [1.807, 2.05) is 48.2 Å². The number of aryl methyl sites for hydroxylation is 1. The number of halogens is 3. The summed E-state index contributed by atoms with van der Waals surface area (Å²) < 4.78 is 7.02. The number of hydrogen-bond acceptors (Lipinski definition) is 4. The summed E-state index contributed by atoms with van der Waals surface area (Å²) in [5, 5.41) is 8.28. The molecule has 1 fully saturated rings. The first kappa shape index (κ1) is 28.4. The molecule has 1 amide bonds. The number of nitrogens with zero attached hydrogens (tertiary/aromatic N) is 3. The zero-order valence-corrected chi connectivity index (χ0v) is 25.0. The number of benzene rings is 2. The van der Waals surface area contributed by atoms with E-state index < -0.39 is 0 Å². The minimum Gasteiger partial charge on any atom is -0.375 e. The molecular formula is C29H26Cl3N5O2S. The molecule has 11 heteroatoms. The normalized spacial score (nSPS) is 16.8. The van der Waals surface area contributed by atoms with Crippen LogP contribution in [0.4, 0.5) is 11.4 Å². The number of nitrogens with one attached hydrogen (secondary N) is 2. The topological polar surface area (TPSA) is 71.4 Å². The van der Waals surface area contributed by atoms with Crippen molar-refractivity contribution in [3.8, 4) is 5.69 Å².